The normalized spacial score (nSPS) is 10.7. The number of thioether (sulfide) groups is 1. The molecular formula is C14H23NOS. The van der Waals surface area contributed by atoms with Crippen LogP contribution in [0.3, 0.4) is 0 Å². The first kappa shape index (κ1) is 14.6. The molecule has 0 fully saturated rings. The van der Waals surface area contributed by atoms with E-state index in [-0.39, 0.29) is 0 Å². The smallest absolute Gasteiger partial charge is 0.0560 e. The summed E-state index contributed by atoms with van der Waals surface area (Å²) >= 11 is 1.86. The van der Waals surface area contributed by atoms with Gasteiger partial charge in [-0.1, -0.05) is 25.5 Å². The van der Waals surface area contributed by atoms with Gasteiger partial charge in [-0.3, -0.25) is 0 Å². The maximum absolute atomic E-state index is 5.53. The van der Waals surface area contributed by atoms with Crippen LogP contribution < -0.4 is 5.32 Å². The van der Waals surface area contributed by atoms with Crippen LogP contribution in [-0.4, -0.2) is 26.0 Å². The van der Waals surface area contributed by atoms with Crippen molar-refractivity contribution >= 4 is 11.8 Å². The van der Waals surface area contributed by atoms with Crippen molar-refractivity contribution in [1.82, 2.24) is 5.32 Å². The highest BCUT2D eigenvalue weighted by Gasteiger charge is 1.95. The lowest BCUT2D eigenvalue weighted by Gasteiger charge is -2.05. The van der Waals surface area contributed by atoms with Crippen molar-refractivity contribution in [3.8, 4) is 0 Å². The van der Waals surface area contributed by atoms with Crippen LogP contribution in [0.2, 0.25) is 0 Å². The standard InChI is InChI=1S/C14H23NOS/c1-3-4-9-16-10-11-17-14-7-5-13(6-8-14)12-15-2/h5-8,15H,3-4,9-12H2,1-2H3. The monoisotopic (exact) mass is 253 g/mol. The lowest BCUT2D eigenvalue weighted by atomic mass is 10.2. The molecule has 0 aliphatic carbocycles. The van der Waals surface area contributed by atoms with Gasteiger partial charge in [-0.15, -0.1) is 11.8 Å². The molecule has 0 aliphatic heterocycles. The van der Waals surface area contributed by atoms with Crippen LogP contribution in [-0.2, 0) is 11.3 Å². The van der Waals surface area contributed by atoms with Gasteiger partial charge in [0.25, 0.3) is 0 Å². The number of hydrogen-bond donors (Lipinski definition) is 1. The largest absolute Gasteiger partial charge is 0.381 e. The Morgan fingerprint density at radius 3 is 2.59 bits per heavy atom. The fourth-order valence-electron chi connectivity index (χ4n) is 1.47. The molecule has 0 amide bonds. The van der Waals surface area contributed by atoms with Crippen LogP contribution in [0.25, 0.3) is 0 Å². The van der Waals surface area contributed by atoms with Gasteiger partial charge in [0.15, 0.2) is 0 Å². The van der Waals surface area contributed by atoms with Gasteiger partial charge < -0.3 is 10.1 Å². The van der Waals surface area contributed by atoms with Crippen molar-refractivity contribution in [1.29, 1.82) is 0 Å². The Morgan fingerprint density at radius 1 is 1.18 bits per heavy atom. The molecule has 0 aliphatic rings. The topological polar surface area (TPSA) is 21.3 Å². The van der Waals surface area contributed by atoms with Gasteiger partial charge in [-0.05, 0) is 31.2 Å². The molecule has 0 atom stereocenters. The van der Waals surface area contributed by atoms with E-state index >= 15 is 0 Å². The molecule has 0 spiro atoms. The second kappa shape index (κ2) is 9.51. The van der Waals surface area contributed by atoms with Crippen LogP contribution >= 0.6 is 11.8 Å². The van der Waals surface area contributed by atoms with Crippen LogP contribution in [0, 0.1) is 0 Å². The molecule has 0 aromatic heterocycles. The highest BCUT2D eigenvalue weighted by Crippen LogP contribution is 2.18. The lowest BCUT2D eigenvalue weighted by molar-refractivity contribution is 0.147. The van der Waals surface area contributed by atoms with E-state index in [9.17, 15) is 0 Å². The zero-order valence-electron chi connectivity index (χ0n) is 10.9. The predicted molar refractivity (Wildman–Crippen MR) is 75.7 cm³/mol. The molecule has 17 heavy (non-hydrogen) atoms. The first-order valence-corrected chi connectivity index (χ1v) is 7.29. The van der Waals surface area contributed by atoms with E-state index in [4.69, 9.17) is 4.74 Å². The summed E-state index contributed by atoms with van der Waals surface area (Å²) in [6.07, 6.45) is 2.38. The van der Waals surface area contributed by atoms with Crippen LogP contribution in [0.1, 0.15) is 25.3 Å². The first-order chi connectivity index (χ1) is 8.36. The molecule has 1 rings (SSSR count). The molecule has 1 N–H and O–H groups in total. The second-order valence-corrected chi connectivity index (χ2v) is 5.16. The van der Waals surface area contributed by atoms with Gasteiger partial charge in [-0.2, -0.15) is 0 Å². The molecule has 1 aromatic rings. The Kier molecular flexibility index (Phi) is 8.14. The minimum Gasteiger partial charge on any atom is -0.381 e. The van der Waals surface area contributed by atoms with E-state index in [0.29, 0.717) is 0 Å². The number of ether oxygens (including phenoxy) is 1. The summed E-state index contributed by atoms with van der Waals surface area (Å²) in [7, 11) is 1.97. The van der Waals surface area contributed by atoms with E-state index in [2.05, 4.69) is 36.5 Å². The Labute approximate surface area is 109 Å². The summed E-state index contributed by atoms with van der Waals surface area (Å²) in [5, 5.41) is 3.15. The third-order valence-electron chi connectivity index (χ3n) is 2.44. The van der Waals surface area contributed by atoms with Crippen LogP contribution in [0.4, 0.5) is 0 Å². The second-order valence-electron chi connectivity index (χ2n) is 3.99. The van der Waals surface area contributed by atoms with Crippen LogP contribution in [0.5, 0.6) is 0 Å². The van der Waals surface area contributed by atoms with E-state index in [1.54, 1.807) is 0 Å². The maximum atomic E-state index is 5.53. The quantitative estimate of drug-likeness (QED) is 0.539. The number of hydrogen-bond acceptors (Lipinski definition) is 3. The van der Waals surface area contributed by atoms with Gasteiger partial charge in [-0.25, -0.2) is 0 Å². The van der Waals surface area contributed by atoms with E-state index < -0.39 is 0 Å². The Balaban J connectivity index is 2.14. The molecule has 2 nitrogen and oxygen atoms in total. The number of benzene rings is 1. The molecule has 1 aromatic carbocycles. The Morgan fingerprint density at radius 2 is 1.94 bits per heavy atom. The minimum absolute atomic E-state index is 0.850. The molecule has 0 saturated heterocycles. The molecule has 3 heteroatoms. The Hall–Kier alpha value is -0.510. The average Bonchev–Trinajstić information content (AvgIpc) is 2.36. The summed E-state index contributed by atoms with van der Waals surface area (Å²) in [6.45, 7) is 4.87. The van der Waals surface area contributed by atoms with E-state index in [0.717, 1.165) is 25.5 Å². The Bertz CT molecular complexity index is 287. The van der Waals surface area contributed by atoms with Gasteiger partial charge in [0.1, 0.15) is 0 Å². The highest BCUT2D eigenvalue weighted by molar-refractivity contribution is 7.99. The lowest BCUT2D eigenvalue weighted by Crippen LogP contribution is -2.04. The SMILES string of the molecule is CCCCOCCSc1ccc(CNC)cc1. The highest BCUT2D eigenvalue weighted by atomic mass is 32.2. The van der Waals surface area contributed by atoms with Gasteiger partial charge in [0, 0.05) is 23.8 Å². The molecule has 96 valence electrons. The fraction of sp³-hybridized carbons (Fsp3) is 0.571. The summed E-state index contributed by atoms with van der Waals surface area (Å²) in [5.41, 5.74) is 1.33. The summed E-state index contributed by atoms with van der Waals surface area (Å²) in [6, 6.07) is 8.72. The number of nitrogens with one attached hydrogen (secondary N) is 1. The zero-order valence-corrected chi connectivity index (χ0v) is 11.7. The van der Waals surface area contributed by atoms with Crippen molar-refractivity contribution < 1.29 is 4.74 Å². The van der Waals surface area contributed by atoms with Gasteiger partial charge in [0.05, 0.1) is 6.61 Å². The molecule has 0 radical (unpaired) electrons. The van der Waals surface area contributed by atoms with Crippen molar-refractivity contribution in [2.45, 2.75) is 31.2 Å². The third-order valence-corrected chi connectivity index (χ3v) is 3.42. The van der Waals surface area contributed by atoms with Crippen molar-refractivity contribution in [2.75, 3.05) is 26.0 Å². The predicted octanol–water partition coefficient (Wildman–Crippen LogP) is 3.31. The maximum Gasteiger partial charge on any atom is 0.0560 e. The summed E-state index contributed by atoms with van der Waals surface area (Å²) in [5.74, 6) is 1.04. The molecule has 0 saturated carbocycles. The van der Waals surface area contributed by atoms with Crippen molar-refractivity contribution in [3.63, 3.8) is 0 Å². The third kappa shape index (κ3) is 6.71. The van der Waals surface area contributed by atoms with Gasteiger partial charge in [0.2, 0.25) is 0 Å². The zero-order chi connectivity index (χ0) is 12.3. The molecule has 0 unspecified atom stereocenters. The summed E-state index contributed by atoms with van der Waals surface area (Å²) < 4.78 is 5.53. The number of rotatable bonds is 9. The van der Waals surface area contributed by atoms with E-state index in [1.807, 2.05) is 18.8 Å². The molecule has 0 heterocycles. The molecule has 0 bridgehead atoms. The van der Waals surface area contributed by atoms with E-state index in [1.165, 1.54) is 23.3 Å². The van der Waals surface area contributed by atoms with Crippen molar-refractivity contribution in [2.24, 2.45) is 0 Å². The average molecular weight is 253 g/mol. The summed E-state index contributed by atoms with van der Waals surface area (Å²) in [4.78, 5) is 1.32. The van der Waals surface area contributed by atoms with Gasteiger partial charge >= 0.3 is 0 Å². The van der Waals surface area contributed by atoms with Crippen LogP contribution in [0.15, 0.2) is 29.2 Å². The minimum atomic E-state index is 0.850. The number of unbranched alkanes of at least 4 members (excludes halogenated alkanes) is 1. The molecular weight excluding hydrogens is 230 g/mol. The van der Waals surface area contributed by atoms with Crippen molar-refractivity contribution in [3.05, 3.63) is 29.8 Å². The first-order valence-electron chi connectivity index (χ1n) is 6.31. The fourth-order valence-corrected chi connectivity index (χ4v) is 2.24.